The van der Waals surface area contributed by atoms with E-state index in [0.717, 1.165) is 0 Å². The van der Waals surface area contributed by atoms with Gasteiger partial charge in [-0.3, -0.25) is 4.55 Å². The van der Waals surface area contributed by atoms with Crippen molar-refractivity contribution in [3.05, 3.63) is 0 Å². The second kappa shape index (κ2) is 12.4. The molecule has 0 radical (unpaired) electrons. The molecule has 0 aliphatic rings. The number of rotatable bonds is 3. The molecule has 0 aromatic heterocycles. The molecule has 0 saturated carbocycles. The van der Waals surface area contributed by atoms with Crippen LogP contribution in [0.5, 0.6) is 0 Å². The molecule has 7 nitrogen and oxygen atoms in total. The van der Waals surface area contributed by atoms with Gasteiger partial charge in [0.25, 0.3) is 15.3 Å². The molecule has 16 heavy (non-hydrogen) atoms. The third kappa shape index (κ3) is 29.4. The van der Waals surface area contributed by atoms with Crippen LogP contribution in [0.2, 0.25) is 0 Å². The summed E-state index contributed by atoms with van der Waals surface area (Å²) in [5.41, 5.74) is 4.29. The van der Waals surface area contributed by atoms with E-state index in [4.69, 9.17) is 9.66 Å². The van der Waals surface area contributed by atoms with E-state index in [1.165, 1.54) is 7.11 Å². The van der Waals surface area contributed by atoms with Gasteiger partial charge in [0, 0.05) is 11.7 Å². The number of nitrogens with two attached hydrogens (primary N) is 1. The minimum atomic E-state index is -3.91. The molecule has 11 heteroatoms. The van der Waals surface area contributed by atoms with Crippen LogP contribution < -0.4 is 67.5 Å². The van der Waals surface area contributed by atoms with Gasteiger partial charge in [-0.05, 0) is 12.2 Å². The predicted octanol–water partition coefficient (Wildman–Crippen LogP) is -5.01. The Morgan fingerprint density at radius 2 is 1.94 bits per heavy atom. The molecule has 0 saturated heterocycles. The monoisotopic (exact) mass is 314 g/mol. The van der Waals surface area contributed by atoms with Crippen LogP contribution in [0.3, 0.4) is 0 Å². The largest absolute Gasteiger partial charge is 1.00 e. The molecule has 0 aliphatic carbocycles. The quantitative estimate of drug-likeness (QED) is 0.267. The summed E-state index contributed by atoms with van der Waals surface area (Å²) in [5.74, 6) is -0.378. The zero-order valence-corrected chi connectivity index (χ0v) is 14.4. The van der Waals surface area contributed by atoms with Gasteiger partial charge in [-0.15, -0.1) is 0 Å². The summed E-state index contributed by atoms with van der Waals surface area (Å²) in [5, 5.41) is 10.9. The molecule has 0 heterocycles. The van der Waals surface area contributed by atoms with Gasteiger partial charge in [0.1, 0.15) is 0 Å². The Balaban J connectivity index is -0.000000292. The molecule has 0 unspecified atom stereocenters. The fourth-order valence-corrected chi connectivity index (χ4v) is 0.816. The van der Waals surface area contributed by atoms with Crippen molar-refractivity contribution in [1.82, 2.24) is 5.32 Å². The summed E-state index contributed by atoms with van der Waals surface area (Å²) in [6.45, 7) is 0.0471. The smallest absolute Gasteiger partial charge is 0.852 e. The molecular formula is C5H11KN2O5S3. The van der Waals surface area contributed by atoms with Gasteiger partial charge in [0.2, 0.25) is 0 Å². The molecule has 90 valence electrons. The SMILES string of the molecule is COC(=S)NCCS(=O)(=O)O.NC([O-])=S.[K+]. The van der Waals surface area contributed by atoms with Gasteiger partial charge in [0.15, 0.2) is 0 Å². The number of nitrogens with one attached hydrogen (secondary N) is 1. The van der Waals surface area contributed by atoms with Crippen LogP contribution in [-0.4, -0.2) is 42.7 Å². The molecule has 0 aromatic rings. The van der Waals surface area contributed by atoms with Gasteiger partial charge in [-0.2, -0.15) is 8.42 Å². The standard InChI is InChI=1S/C4H9NO4S2.CH3NOS.K/c1-9-4(10)5-2-3-11(6,7)8;2-1(3)4;/h2-3H2,1H3,(H,5,10)(H,6,7,8);(H3,2,3,4);/q;;+1/p-1. The van der Waals surface area contributed by atoms with Gasteiger partial charge >= 0.3 is 51.4 Å². The molecule has 0 aliphatic heterocycles. The van der Waals surface area contributed by atoms with Crippen molar-refractivity contribution in [3.8, 4) is 0 Å². The van der Waals surface area contributed by atoms with Gasteiger partial charge in [0.05, 0.1) is 12.9 Å². The normalized spacial score (nSPS) is 8.88. The average molecular weight is 314 g/mol. The van der Waals surface area contributed by atoms with E-state index in [9.17, 15) is 8.42 Å². The molecule has 0 spiro atoms. The molecule has 0 rings (SSSR count). The molecule has 0 amide bonds. The minimum absolute atomic E-state index is 0. The predicted molar refractivity (Wildman–Crippen MR) is 60.8 cm³/mol. The van der Waals surface area contributed by atoms with Crippen molar-refractivity contribution in [1.29, 1.82) is 0 Å². The first-order valence-electron chi connectivity index (χ1n) is 3.42. The van der Waals surface area contributed by atoms with E-state index < -0.39 is 15.3 Å². The maximum Gasteiger partial charge on any atom is 1.00 e. The van der Waals surface area contributed by atoms with Crippen molar-refractivity contribution in [3.63, 3.8) is 0 Å². The van der Waals surface area contributed by atoms with Crippen LogP contribution in [0, 0.1) is 0 Å². The summed E-state index contributed by atoms with van der Waals surface area (Å²) in [4.78, 5) is 0. The Morgan fingerprint density at radius 3 is 2.19 bits per heavy atom. The zero-order valence-electron chi connectivity index (χ0n) is 8.80. The van der Waals surface area contributed by atoms with Crippen molar-refractivity contribution in [2.45, 2.75) is 0 Å². The van der Waals surface area contributed by atoms with E-state index >= 15 is 0 Å². The molecule has 0 aromatic carbocycles. The average Bonchev–Trinajstić information content (AvgIpc) is 2.00. The zero-order chi connectivity index (χ0) is 12.5. The van der Waals surface area contributed by atoms with Crippen LogP contribution in [0.25, 0.3) is 0 Å². The van der Waals surface area contributed by atoms with Crippen molar-refractivity contribution in [2.75, 3.05) is 19.4 Å². The third-order valence-electron chi connectivity index (χ3n) is 0.815. The Hall–Kier alpha value is 0.926. The Kier molecular flexibility index (Phi) is 17.1. The number of methoxy groups -OCH3 is 1. The number of hydrogen-bond acceptors (Lipinski definition) is 6. The molecule has 0 fully saturated rings. The molecule has 0 atom stereocenters. The van der Waals surface area contributed by atoms with E-state index in [-0.39, 0.29) is 68.9 Å². The number of ether oxygens (including phenoxy) is 1. The second-order valence-electron chi connectivity index (χ2n) is 2.02. The summed E-state index contributed by atoms with van der Waals surface area (Å²) in [6.07, 6.45) is 0. The summed E-state index contributed by atoms with van der Waals surface area (Å²) in [6, 6.07) is 0. The first kappa shape index (κ1) is 22.1. The number of thiocarbonyl (C=S) groups is 2. The Morgan fingerprint density at radius 1 is 1.56 bits per heavy atom. The number of hydrogen-bond donors (Lipinski definition) is 3. The minimum Gasteiger partial charge on any atom is -0.852 e. The fourth-order valence-electron chi connectivity index (χ4n) is 0.354. The van der Waals surface area contributed by atoms with Crippen molar-refractivity contribution >= 4 is 44.9 Å². The first-order chi connectivity index (χ1) is 6.69. The van der Waals surface area contributed by atoms with Crippen molar-refractivity contribution < 1.29 is 74.2 Å². The van der Waals surface area contributed by atoms with E-state index in [2.05, 4.69) is 40.2 Å². The van der Waals surface area contributed by atoms with E-state index in [1.807, 2.05) is 0 Å². The summed E-state index contributed by atoms with van der Waals surface area (Å²) >= 11 is 8.29. The maximum atomic E-state index is 10.1. The molecule has 0 bridgehead atoms. The van der Waals surface area contributed by atoms with Crippen LogP contribution in [0.1, 0.15) is 0 Å². The van der Waals surface area contributed by atoms with Crippen LogP contribution >= 0.6 is 24.4 Å². The van der Waals surface area contributed by atoms with Crippen molar-refractivity contribution in [2.24, 2.45) is 5.73 Å². The maximum absolute atomic E-state index is 10.1. The summed E-state index contributed by atoms with van der Waals surface area (Å²) in [7, 11) is -2.54. The topological polar surface area (TPSA) is 125 Å². The Labute approximate surface area is 147 Å². The van der Waals surface area contributed by atoms with Gasteiger partial charge in [-0.25, -0.2) is 0 Å². The Bertz CT molecular complexity index is 303. The third-order valence-corrected chi connectivity index (χ3v) is 1.85. The fraction of sp³-hybridized carbons (Fsp3) is 0.600. The van der Waals surface area contributed by atoms with Crippen LogP contribution in [0.4, 0.5) is 0 Å². The van der Waals surface area contributed by atoms with E-state index in [0.29, 0.717) is 0 Å². The van der Waals surface area contributed by atoms with Crippen LogP contribution in [0.15, 0.2) is 0 Å². The summed E-state index contributed by atoms with van der Waals surface area (Å²) < 4.78 is 33.0. The molecule has 4 N–H and O–H groups in total. The van der Waals surface area contributed by atoms with Crippen LogP contribution in [-0.2, 0) is 14.9 Å². The molecular weight excluding hydrogens is 303 g/mol. The van der Waals surface area contributed by atoms with Gasteiger partial charge in [-0.1, -0.05) is 12.2 Å². The first-order valence-corrected chi connectivity index (χ1v) is 5.85. The van der Waals surface area contributed by atoms with Gasteiger partial charge < -0.3 is 20.9 Å². The second-order valence-corrected chi connectivity index (χ2v) is 4.37. The van der Waals surface area contributed by atoms with E-state index in [1.54, 1.807) is 0 Å².